The van der Waals surface area contributed by atoms with Gasteiger partial charge in [0.1, 0.15) is 5.38 Å². The zero-order chi connectivity index (χ0) is 6.85. The quantitative estimate of drug-likeness (QED) is 0.496. The van der Waals surface area contributed by atoms with Gasteiger partial charge in [-0.1, -0.05) is 11.6 Å². The highest BCUT2D eigenvalue weighted by Crippen LogP contribution is 2.11. The van der Waals surface area contributed by atoms with E-state index in [1.807, 2.05) is 0 Å². The molecule has 0 spiro atoms. The van der Waals surface area contributed by atoms with Gasteiger partial charge < -0.3 is 0 Å². The fourth-order valence-corrected chi connectivity index (χ4v) is 0.882. The highest BCUT2D eigenvalue weighted by Gasteiger charge is 2.14. The van der Waals surface area contributed by atoms with Crippen molar-refractivity contribution >= 4 is 35.3 Å². The fraction of sp³-hybridized carbons (Fsp3) is 0.200. The Morgan fingerprint density at radius 2 is 2.33 bits per heavy atom. The van der Waals surface area contributed by atoms with Crippen molar-refractivity contribution in [3.8, 4) is 0 Å². The van der Waals surface area contributed by atoms with E-state index < -0.39 is 5.38 Å². The molecule has 9 heavy (non-hydrogen) atoms. The molecule has 0 aliphatic carbocycles. The van der Waals surface area contributed by atoms with E-state index in [2.05, 4.69) is 4.99 Å². The molecule has 48 valence electrons. The van der Waals surface area contributed by atoms with E-state index in [0.717, 1.165) is 0 Å². The minimum atomic E-state index is -0.678. The van der Waals surface area contributed by atoms with Crippen LogP contribution >= 0.6 is 23.2 Å². The standard InChI is InChI=1S/C5H3Cl2NO/c6-3-1-4(7)5(9)8-2-3/h1-2,4H. The molecule has 0 N–H and O–H groups in total. The summed E-state index contributed by atoms with van der Waals surface area (Å²) in [6.45, 7) is 0. The van der Waals surface area contributed by atoms with Gasteiger partial charge in [0, 0.05) is 6.21 Å². The maximum atomic E-state index is 10.5. The summed E-state index contributed by atoms with van der Waals surface area (Å²) in [7, 11) is 0. The third-order valence-electron chi connectivity index (χ3n) is 0.857. The summed E-state index contributed by atoms with van der Waals surface area (Å²) in [5, 5.41) is -0.267. The fourth-order valence-electron chi connectivity index (χ4n) is 0.451. The highest BCUT2D eigenvalue weighted by molar-refractivity contribution is 6.43. The first-order chi connectivity index (χ1) is 4.20. The molecule has 1 heterocycles. The van der Waals surface area contributed by atoms with Crippen molar-refractivity contribution < 1.29 is 4.79 Å². The second-order valence-electron chi connectivity index (χ2n) is 1.55. The van der Waals surface area contributed by atoms with Gasteiger partial charge in [-0.05, 0) is 6.08 Å². The molecule has 0 radical (unpaired) electrons. The van der Waals surface area contributed by atoms with Gasteiger partial charge in [0.25, 0.3) is 5.91 Å². The SMILES string of the molecule is O=C1N=CC(Cl)=CC1Cl. The highest BCUT2D eigenvalue weighted by atomic mass is 35.5. The largest absolute Gasteiger partial charge is 0.271 e. The van der Waals surface area contributed by atoms with E-state index in [1.165, 1.54) is 12.3 Å². The molecular formula is C5H3Cl2NO. The van der Waals surface area contributed by atoms with Gasteiger partial charge in [0.15, 0.2) is 0 Å². The van der Waals surface area contributed by atoms with Gasteiger partial charge in [0.05, 0.1) is 5.03 Å². The molecule has 1 aliphatic rings. The van der Waals surface area contributed by atoms with E-state index in [0.29, 0.717) is 5.03 Å². The zero-order valence-electron chi connectivity index (χ0n) is 4.34. The number of hydrogen-bond acceptors (Lipinski definition) is 1. The molecular weight excluding hydrogens is 161 g/mol. The first kappa shape index (κ1) is 6.78. The number of allylic oxidation sites excluding steroid dienone is 1. The third-order valence-corrected chi connectivity index (χ3v) is 1.39. The number of alkyl halides is 1. The van der Waals surface area contributed by atoms with E-state index in [-0.39, 0.29) is 5.91 Å². The molecule has 0 bridgehead atoms. The van der Waals surface area contributed by atoms with Crippen molar-refractivity contribution in [2.24, 2.45) is 4.99 Å². The van der Waals surface area contributed by atoms with Crippen LogP contribution in [0.15, 0.2) is 16.1 Å². The van der Waals surface area contributed by atoms with Gasteiger partial charge in [-0.3, -0.25) is 4.79 Å². The normalized spacial score (nSPS) is 26.2. The summed E-state index contributed by atoms with van der Waals surface area (Å²) in [5.74, 6) is -0.360. The minimum absolute atomic E-state index is 0.360. The lowest BCUT2D eigenvalue weighted by Gasteiger charge is -2.01. The monoisotopic (exact) mass is 163 g/mol. The van der Waals surface area contributed by atoms with Crippen molar-refractivity contribution in [3.63, 3.8) is 0 Å². The third kappa shape index (κ3) is 1.53. The number of dihydropyridines is 1. The molecule has 1 atom stereocenters. The molecule has 4 heteroatoms. The van der Waals surface area contributed by atoms with Crippen LogP contribution in [-0.4, -0.2) is 17.5 Å². The maximum Gasteiger partial charge on any atom is 0.267 e. The number of hydrogen-bond donors (Lipinski definition) is 0. The van der Waals surface area contributed by atoms with Crippen molar-refractivity contribution in [1.82, 2.24) is 0 Å². The summed E-state index contributed by atoms with van der Waals surface area (Å²) in [5.41, 5.74) is 0. The molecule has 0 fully saturated rings. The van der Waals surface area contributed by atoms with Crippen LogP contribution < -0.4 is 0 Å². The number of nitrogens with zero attached hydrogens (tertiary/aromatic N) is 1. The van der Waals surface area contributed by atoms with Gasteiger partial charge in [-0.2, -0.15) is 0 Å². The second-order valence-corrected chi connectivity index (χ2v) is 2.46. The smallest absolute Gasteiger partial charge is 0.267 e. The number of carbonyl (C=O) groups is 1. The van der Waals surface area contributed by atoms with Crippen molar-refractivity contribution in [3.05, 3.63) is 11.1 Å². The van der Waals surface area contributed by atoms with Gasteiger partial charge >= 0.3 is 0 Å². The van der Waals surface area contributed by atoms with Crippen molar-refractivity contribution in [2.75, 3.05) is 0 Å². The Morgan fingerprint density at radius 3 is 2.78 bits per heavy atom. The van der Waals surface area contributed by atoms with Gasteiger partial charge in [-0.15, -0.1) is 11.6 Å². The minimum Gasteiger partial charge on any atom is -0.271 e. The van der Waals surface area contributed by atoms with Crippen LogP contribution in [0.2, 0.25) is 0 Å². The molecule has 1 rings (SSSR count). The van der Waals surface area contributed by atoms with Crippen LogP contribution in [0.4, 0.5) is 0 Å². The molecule has 0 saturated heterocycles. The average molecular weight is 164 g/mol. The lowest BCUT2D eigenvalue weighted by Crippen LogP contribution is -2.12. The predicted octanol–water partition coefficient (Wildman–Crippen LogP) is 1.33. The summed E-state index contributed by atoms with van der Waals surface area (Å²) < 4.78 is 0. The van der Waals surface area contributed by atoms with Crippen molar-refractivity contribution in [2.45, 2.75) is 5.38 Å². The predicted molar refractivity (Wildman–Crippen MR) is 37.1 cm³/mol. The molecule has 0 saturated carbocycles. The molecule has 0 aromatic heterocycles. The van der Waals surface area contributed by atoms with Gasteiger partial charge in [-0.25, -0.2) is 4.99 Å². The number of aliphatic imine (C=N–C) groups is 1. The van der Waals surface area contributed by atoms with Crippen LogP contribution in [0.25, 0.3) is 0 Å². The summed E-state index contributed by atoms with van der Waals surface area (Å²) in [6, 6.07) is 0. The second kappa shape index (κ2) is 2.50. The van der Waals surface area contributed by atoms with E-state index >= 15 is 0 Å². The van der Waals surface area contributed by atoms with E-state index in [9.17, 15) is 4.79 Å². The molecule has 1 amide bonds. The Balaban J connectivity index is 2.82. The number of amides is 1. The van der Waals surface area contributed by atoms with Crippen LogP contribution in [0, 0.1) is 0 Å². The molecule has 0 aromatic carbocycles. The zero-order valence-corrected chi connectivity index (χ0v) is 5.86. The van der Waals surface area contributed by atoms with E-state index in [1.54, 1.807) is 0 Å². The number of carbonyl (C=O) groups excluding carboxylic acids is 1. The van der Waals surface area contributed by atoms with Crippen LogP contribution in [0.5, 0.6) is 0 Å². The Bertz CT molecular complexity index is 197. The Hall–Kier alpha value is -0.340. The van der Waals surface area contributed by atoms with E-state index in [4.69, 9.17) is 23.2 Å². The number of rotatable bonds is 0. The van der Waals surface area contributed by atoms with Crippen molar-refractivity contribution in [1.29, 1.82) is 0 Å². The molecule has 0 aromatic rings. The Kier molecular flexibility index (Phi) is 1.88. The summed E-state index contributed by atoms with van der Waals surface area (Å²) in [6.07, 6.45) is 2.72. The summed E-state index contributed by atoms with van der Waals surface area (Å²) >= 11 is 10.9. The summed E-state index contributed by atoms with van der Waals surface area (Å²) in [4.78, 5) is 13.9. The first-order valence-electron chi connectivity index (χ1n) is 2.29. The lowest BCUT2D eigenvalue weighted by molar-refractivity contribution is -0.116. The molecule has 1 aliphatic heterocycles. The average Bonchev–Trinajstić information content (AvgIpc) is 1.80. The topological polar surface area (TPSA) is 29.4 Å². The van der Waals surface area contributed by atoms with Crippen LogP contribution in [0.3, 0.4) is 0 Å². The molecule has 2 nitrogen and oxygen atoms in total. The molecule has 1 unspecified atom stereocenters. The Labute approximate surface area is 62.2 Å². The van der Waals surface area contributed by atoms with Gasteiger partial charge in [0.2, 0.25) is 0 Å². The first-order valence-corrected chi connectivity index (χ1v) is 3.11. The van der Waals surface area contributed by atoms with Crippen LogP contribution in [0.1, 0.15) is 0 Å². The lowest BCUT2D eigenvalue weighted by atomic mass is 10.3. The number of halogens is 2. The van der Waals surface area contributed by atoms with Crippen LogP contribution in [-0.2, 0) is 4.79 Å². The Morgan fingerprint density at radius 1 is 1.67 bits per heavy atom. The maximum absolute atomic E-state index is 10.5.